The maximum absolute atomic E-state index is 13.1. The van der Waals surface area contributed by atoms with Crippen LogP contribution in [0.4, 0.5) is 16.0 Å². The fourth-order valence-corrected chi connectivity index (χ4v) is 3.56. The van der Waals surface area contributed by atoms with Crippen LogP contribution >= 0.6 is 11.6 Å². The van der Waals surface area contributed by atoms with Gasteiger partial charge in [-0.25, -0.2) is 14.4 Å². The highest BCUT2D eigenvalue weighted by molar-refractivity contribution is 6.33. The Bertz CT molecular complexity index is 837. The molecular weight excluding hydrogens is 385 g/mol. The molecule has 2 fully saturated rings. The molecule has 2 aliphatic rings. The summed E-state index contributed by atoms with van der Waals surface area (Å²) in [5, 5.41) is 0.253. The predicted molar refractivity (Wildman–Crippen MR) is 105 cm³/mol. The number of rotatable bonds is 3. The maximum Gasteiger partial charge on any atom is 0.274 e. The average Bonchev–Trinajstić information content (AvgIpc) is 2.75. The molecule has 9 heteroatoms. The number of benzene rings is 1. The maximum atomic E-state index is 13.1. The number of carbonyl (C=O) groups is 1. The van der Waals surface area contributed by atoms with E-state index in [-0.39, 0.29) is 22.4 Å². The van der Waals surface area contributed by atoms with Crippen molar-refractivity contribution in [2.75, 3.05) is 62.3 Å². The largest absolute Gasteiger partial charge is 0.378 e. The first-order valence-electron chi connectivity index (χ1n) is 9.27. The van der Waals surface area contributed by atoms with E-state index in [1.165, 1.54) is 18.3 Å². The monoisotopic (exact) mass is 405 g/mol. The van der Waals surface area contributed by atoms with Crippen molar-refractivity contribution in [2.24, 2.45) is 0 Å². The van der Waals surface area contributed by atoms with Gasteiger partial charge in [0.2, 0.25) is 5.95 Å². The molecule has 0 saturated carbocycles. The highest BCUT2D eigenvalue weighted by atomic mass is 35.5. The molecule has 0 N–H and O–H groups in total. The van der Waals surface area contributed by atoms with E-state index in [0.717, 1.165) is 5.69 Å². The standard InChI is InChI=1S/C19H21ClFN5O2/c20-16-13-22-19(26-9-11-28-12-10-26)23-17(16)18(27)25-7-5-24(6-8-25)15-3-1-14(21)2-4-15/h1-4,13H,5-12H2. The fourth-order valence-electron chi connectivity index (χ4n) is 3.39. The van der Waals surface area contributed by atoms with Crippen LogP contribution < -0.4 is 9.80 Å². The van der Waals surface area contributed by atoms with Crippen LogP contribution in [0, 0.1) is 5.82 Å². The molecule has 2 aliphatic heterocycles. The molecule has 0 unspecified atom stereocenters. The minimum absolute atomic E-state index is 0.194. The third-order valence-corrected chi connectivity index (χ3v) is 5.26. The summed E-state index contributed by atoms with van der Waals surface area (Å²) >= 11 is 6.23. The molecule has 7 nitrogen and oxygen atoms in total. The molecule has 148 valence electrons. The lowest BCUT2D eigenvalue weighted by molar-refractivity contribution is 0.0741. The molecule has 1 aromatic carbocycles. The van der Waals surface area contributed by atoms with Crippen LogP contribution in [0.25, 0.3) is 0 Å². The Balaban J connectivity index is 1.44. The smallest absolute Gasteiger partial charge is 0.274 e. The van der Waals surface area contributed by atoms with Crippen LogP contribution in [0.1, 0.15) is 10.5 Å². The van der Waals surface area contributed by atoms with Gasteiger partial charge in [-0.05, 0) is 24.3 Å². The highest BCUT2D eigenvalue weighted by Gasteiger charge is 2.26. The van der Waals surface area contributed by atoms with Gasteiger partial charge in [0.1, 0.15) is 5.82 Å². The van der Waals surface area contributed by atoms with E-state index in [0.29, 0.717) is 58.4 Å². The lowest BCUT2D eigenvalue weighted by Gasteiger charge is -2.36. The summed E-state index contributed by atoms with van der Waals surface area (Å²) in [6.07, 6.45) is 1.49. The summed E-state index contributed by atoms with van der Waals surface area (Å²) in [7, 11) is 0. The van der Waals surface area contributed by atoms with Gasteiger partial charge in [-0.15, -0.1) is 0 Å². The van der Waals surface area contributed by atoms with E-state index < -0.39 is 0 Å². The topological polar surface area (TPSA) is 61.8 Å². The van der Waals surface area contributed by atoms with Crippen molar-refractivity contribution in [2.45, 2.75) is 0 Å². The van der Waals surface area contributed by atoms with Crippen LogP contribution in [0.2, 0.25) is 5.02 Å². The number of ether oxygens (including phenoxy) is 1. The lowest BCUT2D eigenvalue weighted by atomic mass is 10.2. The van der Waals surface area contributed by atoms with Crippen LogP contribution in [-0.2, 0) is 4.74 Å². The number of amides is 1. The number of piperazine rings is 1. The molecule has 1 aromatic heterocycles. The SMILES string of the molecule is O=C(c1nc(N2CCOCC2)ncc1Cl)N1CCN(c2ccc(F)cc2)CC1. The Morgan fingerprint density at radius 1 is 1.00 bits per heavy atom. The Kier molecular flexibility index (Phi) is 5.59. The van der Waals surface area contributed by atoms with Gasteiger partial charge in [0.25, 0.3) is 5.91 Å². The molecular formula is C19H21ClFN5O2. The first-order valence-corrected chi connectivity index (χ1v) is 9.64. The van der Waals surface area contributed by atoms with Gasteiger partial charge in [0.05, 0.1) is 24.4 Å². The van der Waals surface area contributed by atoms with Crippen LogP contribution in [0.15, 0.2) is 30.5 Å². The van der Waals surface area contributed by atoms with Gasteiger partial charge in [-0.2, -0.15) is 0 Å². The van der Waals surface area contributed by atoms with Gasteiger partial charge in [0.15, 0.2) is 5.69 Å². The van der Waals surface area contributed by atoms with Crippen molar-refractivity contribution in [1.82, 2.24) is 14.9 Å². The highest BCUT2D eigenvalue weighted by Crippen LogP contribution is 2.21. The van der Waals surface area contributed by atoms with Crippen LogP contribution in [0.5, 0.6) is 0 Å². The molecule has 2 aromatic rings. The quantitative estimate of drug-likeness (QED) is 0.779. The van der Waals surface area contributed by atoms with E-state index >= 15 is 0 Å². The van der Waals surface area contributed by atoms with Crippen molar-refractivity contribution < 1.29 is 13.9 Å². The summed E-state index contributed by atoms with van der Waals surface area (Å²) in [6, 6.07) is 6.40. The number of nitrogens with zero attached hydrogens (tertiary/aromatic N) is 5. The molecule has 0 atom stereocenters. The number of hydrogen-bond donors (Lipinski definition) is 0. The summed E-state index contributed by atoms with van der Waals surface area (Å²) in [6.45, 7) is 5.01. The third-order valence-electron chi connectivity index (χ3n) is 4.99. The van der Waals surface area contributed by atoms with Gasteiger partial charge in [-0.1, -0.05) is 11.6 Å². The molecule has 2 saturated heterocycles. The van der Waals surface area contributed by atoms with E-state index in [4.69, 9.17) is 16.3 Å². The minimum atomic E-state index is -0.257. The Hall–Kier alpha value is -2.45. The average molecular weight is 406 g/mol. The Morgan fingerprint density at radius 3 is 2.36 bits per heavy atom. The zero-order valence-electron chi connectivity index (χ0n) is 15.4. The van der Waals surface area contributed by atoms with Crippen molar-refractivity contribution in [1.29, 1.82) is 0 Å². The number of morpholine rings is 1. The van der Waals surface area contributed by atoms with E-state index in [1.807, 2.05) is 4.90 Å². The number of aromatic nitrogens is 2. The first-order chi connectivity index (χ1) is 13.6. The Morgan fingerprint density at radius 2 is 1.68 bits per heavy atom. The molecule has 0 radical (unpaired) electrons. The van der Waals surface area contributed by atoms with Crippen molar-refractivity contribution >= 4 is 29.1 Å². The second-order valence-electron chi connectivity index (χ2n) is 6.72. The third kappa shape index (κ3) is 4.02. The van der Waals surface area contributed by atoms with Crippen molar-refractivity contribution in [3.05, 3.63) is 47.0 Å². The predicted octanol–water partition coefficient (Wildman–Crippen LogP) is 2.07. The van der Waals surface area contributed by atoms with Crippen LogP contribution in [-0.4, -0.2) is 73.3 Å². The van der Waals surface area contributed by atoms with Crippen molar-refractivity contribution in [3.63, 3.8) is 0 Å². The fraction of sp³-hybridized carbons (Fsp3) is 0.421. The normalized spacial score (nSPS) is 17.7. The van der Waals surface area contributed by atoms with Gasteiger partial charge < -0.3 is 19.4 Å². The molecule has 0 spiro atoms. The van der Waals surface area contributed by atoms with Gasteiger partial charge in [-0.3, -0.25) is 4.79 Å². The zero-order valence-corrected chi connectivity index (χ0v) is 16.1. The van der Waals surface area contributed by atoms with E-state index in [2.05, 4.69) is 14.9 Å². The summed E-state index contributed by atoms with van der Waals surface area (Å²) in [4.78, 5) is 27.6. The lowest BCUT2D eigenvalue weighted by Crippen LogP contribution is -2.49. The molecule has 0 bridgehead atoms. The van der Waals surface area contributed by atoms with Gasteiger partial charge >= 0.3 is 0 Å². The van der Waals surface area contributed by atoms with E-state index in [9.17, 15) is 9.18 Å². The van der Waals surface area contributed by atoms with E-state index in [1.54, 1.807) is 17.0 Å². The molecule has 3 heterocycles. The molecule has 4 rings (SSSR count). The second-order valence-corrected chi connectivity index (χ2v) is 7.13. The second kappa shape index (κ2) is 8.28. The van der Waals surface area contributed by atoms with Gasteiger partial charge in [0, 0.05) is 45.0 Å². The summed E-state index contributed by atoms with van der Waals surface area (Å²) in [5.74, 6) is 0.0497. The molecule has 0 aliphatic carbocycles. The molecule has 1 amide bonds. The summed E-state index contributed by atoms with van der Waals surface area (Å²) in [5.41, 5.74) is 1.18. The molecule has 28 heavy (non-hydrogen) atoms. The summed E-state index contributed by atoms with van der Waals surface area (Å²) < 4.78 is 18.5. The van der Waals surface area contributed by atoms with Crippen LogP contribution in [0.3, 0.4) is 0 Å². The minimum Gasteiger partial charge on any atom is -0.378 e. The number of hydrogen-bond acceptors (Lipinski definition) is 6. The zero-order chi connectivity index (χ0) is 19.5. The number of carbonyl (C=O) groups excluding carboxylic acids is 1. The Labute approximate surface area is 167 Å². The number of halogens is 2. The number of anilines is 2. The first kappa shape index (κ1) is 18.9. The van der Waals surface area contributed by atoms with Crippen molar-refractivity contribution in [3.8, 4) is 0 Å².